The van der Waals surface area contributed by atoms with Crippen LogP contribution in [0.2, 0.25) is 0 Å². The lowest BCUT2D eigenvalue weighted by Crippen LogP contribution is -2.07. The summed E-state index contributed by atoms with van der Waals surface area (Å²) in [5.74, 6) is -0.605. The molecule has 0 fully saturated rings. The smallest absolute Gasteiger partial charge is 0.335 e. The SMILES string of the molecule is CCCCC(C/C=C/C=C/CCCC(C)O)c1ccccc1C(=O)O. The largest absolute Gasteiger partial charge is 0.478 e. The summed E-state index contributed by atoms with van der Waals surface area (Å²) in [6, 6.07) is 7.36. The highest BCUT2D eigenvalue weighted by Crippen LogP contribution is 2.29. The molecule has 1 aromatic carbocycles. The molecular weight excluding hydrogens is 312 g/mol. The Morgan fingerprint density at radius 2 is 1.84 bits per heavy atom. The zero-order chi connectivity index (χ0) is 18.5. The van der Waals surface area contributed by atoms with Gasteiger partial charge in [-0.1, -0.05) is 62.3 Å². The van der Waals surface area contributed by atoms with E-state index in [2.05, 4.69) is 19.1 Å². The molecule has 138 valence electrons. The van der Waals surface area contributed by atoms with Crippen molar-refractivity contribution in [1.29, 1.82) is 0 Å². The molecule has 3 heteroatoms. The van der Waals surface area contributed by atoms with E-state index in [0.717, 1.165) is 50.5 Å². The Kier molecular flexibility index (Phi) is 10.6. The van der Waals surface area contributed by atoms with Crippen molar-refractivity contribution in [2.75, 3.05) is 0 Å². The molecule has 0 aliphatic heterocycles. The third-order valence-corrected chi connectivity index (χ3v) is 4.33. The van der Waals surface area contributed by atoms with Gasteiger partial charge in [0.05, 0.1) is 11.7 Å². The quantitative estimate of drug-likeness (QED) is 0.377. The fraction of sp³-hybridized carbons (Fsp3) is 0.500. The van der Waals surface area contributed by atoms with Gasteiger partial charge in [0.15, 0.2) is 0 Å². The van der Waals surface area contributed by atoms with Crippen LogP contribution >= 0.6 is 0 Å². The Labute approximate surface area is 152 Å². The normalized spacial score (nSPS) is 14.2. The maximum absolute atomic E-state index is 11.5. The highest BCUT2D eigenvalue weighted by atomic mass is 16.4. The molecule has 0 heterocycles. The van der Waals surface area contributed by atoms with Gasteiger partial charge in [0, 0.05) is 0 Å². The van der Waals surface area contributed by atoms with Gasteiger partial charge in [-0.15, -0.1) is 0 Å². The van der Waals surface area contributed by atoms with Crippen LogP contribution in [0.25, 0.3) is 0 Å². The molecule has 3 nitrogen and oxygen atoms in total. The van der Waals surface area contributed by atoms with Crippen LogP contribution < -0.4 is 0 Å². The molecule has 0 amide bonds. The summed E-state index contributed by atoms with van der Waals surface area (Å²) in [6.45, 7) is 3.97. The van der Waals surface area contributed by atoms with Crippen molar-refractivity contribution < 1.29 is 15.0 Å². The molecule has 0 aromatic heterocycles. The fourth-order valence-electron chi connectivity index (χ4n) is 2.93. The minimum absolute atomic E-state index is 0.224. The molecular formula is C22H32O3. The van der Waals surface area contributed by atoms with Crippen molar-refractivity contribution in [1.82, 2.24) is 0 Å². The molecule has 0 aliphatic rings. The molecule has 2 N–H and O–H groups in total. The second-order valence-corrected chi connectivity index (χ2v) is 6.60. The van der Waals surface area contributed by atoms with Gasteiger partial charge in [-0.05, 0) is 56.6 Å². The molecule has 0 spiro atoms. The molecule has 2 atom stereocenters. The topological polar surface area (TPSA) is 57.5 Å². The molecule has 1 rings (SSSR count). The van der Waals surface area contributed by atoms with E-state index in [1.165, 1.54) is 0 Å². The van der Waals surface area contributed by atoms with Crippen LogP contribution in [0.3, 0.4) is 0 Å². The Bertz CT molecular complexity index is 558. The lowest BCUT2D eigenvalue weighted by atomic mass is 9.87. The standard InChI is InChI=1S/C22H32O3/c1-3-4-14-19(20-16-11-12-17-21(20)22(24)25)15-10-8-6-5-7-9-13-18(2)23/h5-6,8,10-12,16-19,23H,3-4,7,9,13-15H2,1-2H3,(H,24,25)/b6-5+,10-8+. The van der Waals surface area contributed by atoms with Gasteiger partial charge in [-0.3, -0.25) is 0 Å². The molecule has 2 unspecified atom stereocenters. The number of carbonyl (C=O) groups is 1. The summed E-state index contributed by atoms with van der Waals surface area (Å²) in [7, 11) is 0. The van der Waals surface area contributed by atoms with Crippen molar-refractivity contribution in [2.45, 2.75) is 70.8 Å². The molecule has 0 radical (unpaired) electrons. The first kappa shape index (κ1) is 21.2. The second-order valence-electron chi connectivity index (χ2n) is 6.60. The summed E-state index contributed by atoms with van der Waals surface area (Å²) >= 11 is 0. The van der Waals surface area contributed by atoms with E-state index in [-0.39, 0.29) is 12.0 Å². The summed E-state index contributed by atoms with van der Waals surface area (Å²) < 4.78 is 0. The summed E-state index contributed by atoms with van der Waals surface area (Å²) in [6.07, 6.45) is 15.0. The van der Waals surface area contributed by atoms with Gasteiger partial charge >= 0.3 is 5.97 Å². The van der Waals surface area contributed by atoms with Gasteiger partial charge in [0.25, 0.3) is 0 Å². The van der Waals surface area contributed by atoms with Gasteiger partial charge in [-0.25, -0.2) is 4.79 Å². The van der Waals surface area contributed by atoms with Crippen LogP contribution in [0.15, 0.2) is 48.6 Å². The first-order valence-electron chi connectivity index (χ1n) is 9.38. The van der Waals surface area contributed by atoms with E-state index >= 15 is 0 Å². The van der Waals surface area contributed by atoms with E-state index < -0.39 is 5.97 Å². The van der Waals surface area contributed by atoms with Gasteiger partial charge < -0.3 is 10.2 Å². The second kappa shape index (κ2) is 12.5. The molecule has 0 bridgehead atoms. The zero-order valence-corrected chi connectivity index (χ0v) is 15.5. The molecule has 0 aliphatic carbocycles. The van der Waals surface area contributed by atoms with Crippen LogP contribution in [-0.2, 0) is 0 Å². The number of unbranched alkanes of at least 4 members (excludes halogenated alkanes) is 2. The fourth-order valence-corrected chi connectivity index (χ4v) is 2.93. The van der Waals surface area contributed by atoms with Crippen LogP contribution in [0.5, 0.6) is 0 Å². The van der Waals surface area contributed by atoms with Crippen molar-refractivity contribution in [2.24, 2.45) is 0 Å². The van der Waals surface area contributed by atoms with E-state index in [4.69, 9.17) is 0 Å². The van der Waals surface area contributed by atoms with Crippen molar-refractivity contribution in [3.63, 3.8) is 0 Å². The van der Waals surface area contributed by atoms with Gasteiger partial charge in [0.1, 0.15) is 0 Å². The van der Waals surface area contributed by atoms with Crippen molar-refractivity contribution in [3.05, 3.63) is 59.7 Å². The average molecular weight is 344 g/mol. The summed E-state index contributed by atoms with van der Waals surface area (Å²) in [5.41, 5.74) is 1.36. The van der Waals surface area contributed by atoms with Gasteiger partial charge in [0.2, 0.25) is 0 Å². The number of carboxylic acid groups (broad SMARTS) is 1. The van der Waals surface area contributed by atoms with Crippen LogP contribution in [0.1, 0.15) is 80.6 Å². The number of hydrogen-bond donors (Lipinski definition) is 2. The third kappa shape index (κ3) is 8.69. The van der Waals surface area contributed by atoms with Crippen molar-refractivity contribution in [3.8, 4) is 0 Å². The zero-order valence-electron chi connectivity index (χ0n) is 15.5. The predicted molar refractivity (Wildman–Crippen MR) is 104 cm³/mol. The highest BCUT2D eigenvalue weighted by molar-refractivity contribution is 5.89. The van der Waals surface area contributed by atoms with E-state index in [0.29, 0.717) is 5.56 Å². The first-order chi connectivity index (χ1) is 12.1. The summed E-state index contributed by atoms with van der Waals surface area (Å²) in [4.78, 5) is 11.5. The number of aliphatic hydroxyl groups is 1. The number of hydrogen-bond acceptors (Lipinski definition) is 2. The maximum Gasteiger partial charge on any atom is 0.335 e. The Morgan fingerprint density at radius 1 is 1.12 bits per heavy atom. The number of benzene rings is 1. The number of rotatable bonds is 12. The first-order valence-corrected chi connectivity index (χ1v) is 9.38. The minimum Gasteiger partial charge on any atom is -0.478 e. The molecule has 1 aromatic rings. The maximum atomic E-state index is 11.5. The van der Waals surface area contributed by atoms with Crippen molar-refractivity contribution >= 4 is 5.97 Å². The van der Waals surface area contributed by atoms with Crippen LogP contribution in [-0.4, -0.2) is 22.3 Å². The Balaban J connectivity index is 2.64. The van der Waals surface area contributed by atoms with E-state index in [1.807, 2.05) is 31.2 Å². The predicted octanol–water partition coefficient (Wildman–Crippen LogP) is 5.71. The minimum atomic E-state index is -0.848. The third-order valence-electron chi connectivity index (χ3n) is 4.33. The highest BCUT2D eigenvalue weighted by Gasteiger charge is 2.17. The lowest BCUT2D eigenvalue weighted by molar-refractivity contribution is 0.0695. The average Bonchev–Trinajstić information content (AvgIpc) is 2.59. The molecule has 0 saturated heterocycles. The molecule has 0 saturated carbocycles. The number of carboxylic acids is 1. The number of allylic oxidation sites excluding steroid dienone is 4. The van der Waals surface area contributed by atoms with Crippen LogP contribution in [0.4, 0.5) is 0 Å². The Morgan fingerprint density at radius 3 is 2.52 bits per heavy atom. The Hall–Kier alpha value is -1.87. The lowest BCUT2D eigenvalue weighted by Gasteiger charge is -2.17. The van der Waals surface area contributed by atoms with E-state index in [9.17, 15) is 15.0 Å². The van der Waals surface area contributed by atoms with Crippen LogP contribution in [0, 0.1) is 0 Å². The summed E-state index contributed by atoms with van der Waals surface area (Å²) in [5, 5.41) is 18.6. The number of aliphatic hydroxyl groups excluding tert-OH is 1. The monoisotopic (exact) mass is 344 g/mol. The number of aromatic carboxylic acids is 1. The van der Waals surface area contributed by atoms with Gasteiger partial charge in [-0.2, -0.15) is 0 Å². The van der Waals surface area contributed by atoms with E-state index in [1.54, 1.807) is 12.1 Å². The molecule has 25 heavy (non-hydrogen) atoms.